The second-order valence-corrected chi connectivity index (χ2v) is 6.82. The molecule has 1 atom stereocenters. The van der Waals surface area contributed by atoms with E-state index >= 15 is 0 Å². The van der Waals surface area contributed by atoms with Gasteiger partial charge in [0.2, 0.25) is 5.91 Å². The summed E-state index contributed by atoms with van der Waals surface area (Å²) in [6, 6.07) is -0.0766. The first-order valence-corrected chi connectivity index (χ1v) is 7.57. The molecule has 1 fully saturated rings. The second-order valence-electron chi connectivity index (χ2n) is 6.82. The van der Waals surface area contributed by atoms with E-state index in [-0.39, 0.29) is 17.4 Å². The summed E-state index contributed by atoms with van der Waals surface area (Å²) in [7, 11) is 0. The van der Waals surface area contributed by atoms with Crippen molar-refractivity contribution in [2.45, 2.75) is 58.0 Å². The molecule has 0 saturated carbocycles. The number of piperidine rings is 1. The van der Waals surface area contributed by atoms with Crippen molar-refractivity contribution in [3.05, 3.63) is 17.2 Å². The highest BCUT2D eigenvalue weighted by molar-refractivity contribution is 5.81. The van der Waals surface area contributed by atoms with E-state index in [0.717, 1.165) is 50.4 Å². The minimum absolute atomic E-state index is 0.0466. The van der Waals surface area contributed by atoms with E-state index in [1.54, 1.807) is 0 Å². The molecule has 1 unspecified atom stereocenters. The van der Waals surface area contributed by atoms with Crippen molar-refractivity contribution in [3.63, 3.8) is 0 Å². The van der Waals surface area contributed by atoms with Crippen molar-refractivity contribution >= 4 is 5.91 Å². The SMILES string of the molecule is CC(C)(C)c1nc2c(n1C1CCCNC1=O)CCNC2. The Labute approximate surface area is 120 Å². The molecule has 0 aliphatic carbocycles. The Morgan fingerprint density at radius 1 is 1.30 bits per heavy atom. The van der Waals surface area contributed by atoms with E-state index in [9.17, 15) is 4.79 Å². The van der Waals surface area contributed by atoms with Gasteiger partial charge in [-0.2, -0.15) is 0 Å². The van der Waals surface area contributed by atoms with E-state index in [0.29, 0.717) is 0 Å². The first-order chi connectivity index (χ1) is 9.48. The lowest BCUT2D eigenvalue weighted by Crippen LogP contribution is -2.40. The fraction of sp³-hybridized carbons (Fsp3) is 0.733. The van der Waals surface area contributed by atoms with Crippen LogP contribution in [0.4, 0.5) is 0 Å². The van der Waals surface area contributed by atoms with Crippen LogP contribution in [0.5, 0.6) is 0 Å². The number of amides is 1. The maximum atomic E-state index is 12.3. The molecule has 5 nitrogen and oxygen atoms in total. The minimum atomic E-state index is -0.0766. The summed E-state index contributed by atoms with van der Waals surface area (Å²) < 4.78 is 2.24. The predicted octanol–water partition coefficient (Wildman–Crippen LogP) is 1.28. The van der Waals surface area contributed by atoms with Crippen LogP contribution in [-0.2, 0) is 23.2 Å². The molecule has 1 aromatic rings. The van der Waals surface area contributed by atoms with Gasteiger partial charge in [0.1, 0.15) is 11.9 Å². The van der Waals surface area contributed by atoms with Crippen LogP contribution in [0.15, 0.2) is 0 Å². The van der Waals surface area contributed by atoms with Crippen LogP contribution in [0.2, 0.25) is 0 Å². The van der Waals surface area contributed by atoms with E-state index in [1.165, 1.54) is 5.69 Å². The molecule has 1 saturated heterocycles. The number of hydrogen-bond acceptors (Lipinski definition) is 3. The van der Waals surface area contributed by atoms with Crippen LogP contribution >= 0.6 is 0 Å². The summed E-state index contributed by atoms with van der Waals surface area (Å²) >= 11 is 0. The van der Waals surface area contributed by atoms with Gasteiger partial charge in [-0.1, -0.05) is 20.8 Å². The van der Waals surface area contributed by atoms with Gasteiger partial charge < -0.3 is 15.2 Å². The topological polar surface area (TPSA) is 59.0 Å². The van der Waals surface area contributed by atoms with Gasteiger partial charge in [0.05, 0.1) is 5.69 Å². The molecule has 3 heterocycles. The van der Waals surface area contributed by atoms with Crippen molar-refractivity contribution in [3.8, 4) is 0 Å². The molecular weight excluding hydrogens is 252 g/mol. The van der Waals surface area contributed by atoms with Gasteiger partial charge in [-0.15, -0.1) is 0 Å². The minimum Gasteiger partial charge on any atom is -0.354 e. The summed E-state index contributed by atoms with van der Waals surface area (Å²) in [5, 5.41) is 6.37. The molecule has 2 N–H and O–H groups in total. The number of hydrogen-bond donors (Lipinski definition) is 2. The van der Waals surface area contributed by atoms with E-state index < -0.39 is 0 Å². The zero-order valence-electron chi connectivity index (χ0n) is 12.6. The second kappa shape index (κ2) is 4.88. The molecule has 1 amide bonds. The Morgan fingerprint density at radius 2 is 2.10 bits per heavy atom. The molecule has 0 bridgehead atoms. The van der Waals surface area contributed by atoms with E-state index in [1.807, 2.05) is 0 Å². The van der Waals surface area contributed by atoms with Gasteiger partial charge in [-0.3, -0.25) is 4.79 Å². The smallest absolute Gasteiger partial charge is 0.243 e. The number of rotatable bonds is 1. The predicted molar refractivity (Wildman–Crippen MR) is 77.6 cm³/mol. The molecule has 0 spiro atoms. The summed E-state index contributed by atoms with van der Waals surface area (Å²) in [5.74, 6) is 1.20. The molecule has 0 aromatic carbocycles. The number of carbonyl (C=O) groups excluding carboxylic acids is 1. The first kappa shape index (κ1) is 13.6. The Hall–Kier alpha value is -1.36. The molecular formula is C15H24N4O. The van der Waals surface area contributed by atoms with Gasteiger partial charge >= 0.3 is 0 Å². The number of aromatic nitrogens is 2. The Bertz CT molecular complexity index is 527. The average molecular weight is 276 g/mol. The van der Waals surface area contributed by atoms with Crippen LogP contribution in [0.1, 0.15) is 56.9 Å². The summed E-state index contributed by atoms with van der Waals surface area (Å²) in [6.07, 6.45) is 2.93. The normalized spacial score (nSPS) is 23.4. The van der Waals surface area contributed by atoms with Crippen molar-refractivity contribution in [2.75, 3.05) is 13.1 Å². The Balaban J connectivity index is 2.11. The Morgan fingerprint density at radius 3 is 2.80 bits per heavy atom. The van der Waals surface area contributed by atoms with Crippen LogP contribution in [0.3, 0.4) is 0 Å². The van der Waals surface area contributed by atoms with Gasteiger partial charge in [0, 0.05) is 37.2 Å². The largest absolute Gasteiger partial charge is 0.354 e. The lowest BCUT2D eigenvalue weighted by molar-refractivity contribution is -0.126. The highest BCUT2D eigenvalue weighted by Crippen LogP contribution is 2.32. The average Bonchev–Trinajstić information content (AvgIpc) is 2.79. The molecule has 2 aliphatic heterocycles. The van der Waals surface area contributed by atoms with Crippen molar-refractivity contribution in [2.24, 2.45) is 0 Å². The fourth-order valence-electron chi connectivity index (χ4n) is 3.20. The molecule has 2 aliphatic rings. The lowest BCUT2D eigenvalue weighted by Gasteiger charge is -2.30. The highest BCUT2D eigenvalue weighted by Gasteiger charge is 2.34. The third-order valence-corrected chi connectivity index (χ3v) is 4.16. The number of imidazole rings is 1. The molecule has 5 heteroatoms. The maximum Gasteiger partial charge on any atom is 0.243 e. The summed E-state index contributed by atoms with van der Waals surface area (Å²) in [5.41, 5.74) is 2.34. The highest BCUT2D eigenvalue weighted by atomic mass is 16.2. The van der Waals surface area contributed by atoms with Crippen LogP contribution in [0.25, 0.3) is 0 Å². The fourth-order valence-corrected chi connectivity index (χ4v) is 3.20. The first-order valence-electron chi connectivity index (χ1n) is 7.57. The van der Waals surface area contributed by atoms with Gasteiger partial charge in [0.15, 0.2) is 0 Å². The molecule has 0 radical (unpaired) electrons. The molecule has 110 valence electrons. The summed E-state index contributed by atoms with van der Waals surface area (Å²) in [4.78, 5) is 17.1. The number of nitrogens with one attached hydrogen (secondary N) is 2. The van der Waals surface area contributed by atoms with Crippen LogP contribution in [-0.4, -0.2) is 28.5 Å². The quantitative estimate of drug-likeness (QED) is 0.812. The van der Waals surface area contributed by atoms with Crippen molar-refractivity contribution in [1.82, 2.24) is 20.2 Å². The Kier molecular flexibility index (Phi) is 3.32. The third kappa shape index (κ3) is 2.24. The number of fused-ring (bicyclic) bond motifs is 1. The van der Waals surface area contributed by atoms with Gasteiger partial charge in [-0.25, -0.2) is 4.98 Å². The zero-order chi connectivity index (χ0) is 14.3. The number of carbonyl (C=O) groups is 1. The van der Waals surface area contributed by atoms with Crippen molar-refractivity contribution < 1.29 is 4.79 Å². The standard InChI is InChI=1S/C15H24N4O/c1-15(2,3)14-18-10-9-16-8-6-11(10)19(14)12-5-4-7-17-13(12)20/h12,16H,4-9H2,1-3H3,(H,17,20). The summed E-state index contributed by atoms with van der Waals surface area (Å²) in [6.45, 7) is 9.11. The van der Waals surface area contributed by atoms with Crippen molar-refractivity contribution in [1.29, 1.82) is 0 Å². The van der Waals surface area contributed by atoms with Crippen LogP contribution in [0, 0.1) is 0 Å². The third-order valence-electron chi connectivity index (χ3n) is 4.16. The lowest BCUT2D eigenvalue weighted by atomic mass is 9.94. The van der Waals surface area contributed by atoms with Gasteiger partial charge in [-0.05, 0) is 12.8 Å². The van der Waals surface area contributed by atoms with E-state index in [2.05, 4.69) is 36.0 Å². The maximum absolute atomic E-state index is 12.3. The zero-order valence-corrected chi connectivity index (χ0v) is 12.6. The monoisotopic (exact) mass is 276 g/mol. The van der Waals surface area contributed by atoms with E-state index in [4.69, 9.17) is 4.98 Å². The molecule has 20 heavy (non-hydrogen) atoms. The molecule has 3 rings (SSSR count). The molecule has 1 aromatic heterocycles. The number of nitrogens with zero attached hydrogens (tertiary/aromatic N) is 2. The van der Waals surface area contributed by atoms with Crippen LogP contribution < -0.4 is 10.6 Å². The van der Waals surface area contributed by atoms with Gasteiger partial charge in [0.25, 0.3) is 0 Å².